The number of piperidine rings is 1. The van der Waals surface area contributed by atoms with E-state index in [1.54, 1.807) is 0 Å². The van der Waals surface area contributed by atoms with E-state index in [0.29, 0.717) is 18.7 Å². The first-order valence-corrected chi connectivity index (χ1v) is 7.06. The number of benzene rings is 1. The van der Waals surface area contributed by atoms with Gasteiger partial charge in [-0.1, -0.05) is 30.3 Å². The van der Waals surface area contributed by atoms with Gasteiger partial charge in [0.15, 0.2) is 0 Å². The number of hydrogen-bond donors (Lipinski definition) is 1. The van der Waals surface area contributed by atoms with Crippen LogP contribution in [0.3, 0.4) is 0 Å². The molecule has 17 heavy (non-hydrogen) atoms. The zero-order valence-electron chi connectivity index (χ0n) is 10.1. The highest BCUT2D eigenvalue weighted by Crippen LogP contribution is 2.20. The zero-order valence-corrected chi connectivity index (χ0v) is 12.3. The second-order valence-electron chi connectivity index (χ2n) is 4.60. The summed E-state index contributed by atoms with van der Waals surface area (Å²) >= 11 is 2.40. The van der Waals surface area contributed by atoms with Crippen molar-refractivity contribution in [1.29, 1.82) is 0 Å². The predicted octanol–water partition coefficient (Wildman–Crippen LogP) is 2.91. The average Bonchev–Trinajstić information content (AvgIpc) is 2.35. The van der Waals surface area contributed by atoms with Gasteiger partial charge in [0, 0.05) is 41.5 Å². The van der Waals surface area contributed by atoms with E-state index in [4.69, 9.17) is 4.84 Å². The molecule has 0 saturated carbocycles. The first-order chi connectivity index (χ1) is 8.25. The Morgan fingerprint density at radius 3 is 2.82 bits per heavy atom. The van der Waals surface area contributed by atoms with Gasteiger partial charge < -0.3 is 0 Å². The van der Waals surface area contributed by atoms with Gasteiger partial charge in [-0.25, -0.2) is 3.11 Å². The topological polar surface area (TPSA) is 24.5 Å². The molecule has 1 saturated heterocycles. The summed E-state index contributed by atoms with van der Waals surface area (Å²) in [5.74, 6) is 0. The average molecular weight is 346 g/mol. The highest BCUT2D eigenvalue weighted by Gasteiger charge is 2.23. The van der Waals surface area contributed by atoms with E-state index in [2.05, 4.69) is 50.5 Å². The number of nitrogens with zero attached hydrogens (tertiary/aromatic N) is 1. The van der Waals surface area contributed by atoms with Crippen LogP contribution in [0.4, 0.5) is 0 Å². The summed E-state index contributed by atoms with van der Waals surface area (Å²) in [7, 11) is 0. The summed E-state index contributed by atoms with van der Waals surface area (Å²) < 4.78 is 2.35. The summed E-state index contributed by atoms with van der Waals surface area (Å²) in [5, 5.41) is 0. The van der Waals surface area contributed by atoms with E-state index in [1.165, 1.54) is 18.4 Å². The van der Waals surface area contributed by atoms with Crippen LogP contribution >= 0.6 is 22.9 Å². The first-order valence-electron chi connectivity index (χ1n) is 6.09. The van der Waals surface area contributed by atoms with E-state index < -0.39 is 0 Å². The fourth-order valence-electron chi connectivity index (χ4n) is 1.98. The van der Waals surface area contributed by atoms with Crippen molar-refractivity contribution in [1.82, 2.24) is 8.59 Å². The van der Waals surface area contributed by atoms with Crippen LogP contribution < -0.4 is 5.48 Å². The molecule has 4 heteroatoms. The lowest BCUT2D eigenvalue weighted by Gasteiger charge is -2.33. The van der Waals surface area contributed by atoms with Gasteiger partial charge in [-0.2, -0.15) is 5.48 Å². The third-order valence-electron chi connectivity index (χ3n) is 3.14. The number of rotatable bonds is 4. The fraction of sp³-hybridized carbons (Fsp3) is 0.538. The third-order valence-corrected chi connectivity index (χ3v) is 4.48. The van der Waals surface area contributed by atoms with Crippen LogP contribution in [0.5, 0.6) is 0 Å². The van der Waals surface area contributed by atoms with E-state index in [-0.39, 0.29) is 0 Å². The maximum absolute atomic E-state index is 5.56. The minimum Gasteiger partial charge on any atom is -0.297 e. The molecule has 3 nitrogen and oxygen atoms in total. The monoisotopic (exact) mass is 346 g/mol. The Hall–Kier alpha value is -0.170. The van der Waals surface area contributed by atoms with E-state index in [1.807, 2.05) is 18.2 Å². The smallest absolute Gasteiger partial charge is 0.0933 e. The van der Waals surface area contributed by atoms with Gasteiger partial charge in [0.05, 0.1) is 6.61 Å². The molecule has 2 atom stereocenters. The first kappa shape index (κ1) is 13.3. The van der Waals surface area contributed by atoms with Gasteiger partial charge in [-0.05, 0) is 25.3 Å². The molecule has 0 aromatic heterocycles. The van der Waals surface area contributed by atoms with Crippen molar-refractivity contribution >= 4 is 22.9 Å². The molecule has 2 rings (SSSR count). The molecule has 0 bridgehead atoms. The third kappa shape index (κ3) is 4.21. The van der Waals surface area contributed by atoms with Crippen molar-refractivity contribution in [3.63, 3.8) is 0 Å². The molecule has 1 heterocycles. The van der Waals surface area contributed by atoms with Gasteiger partial charge in [0.1, 0.15) is 0 Å². The van der Waals surface area contributed by atoms with Crippen LogP contribution in [-0.4, -0.2) is 21.7 Å². The quantitative estimate of drug-likeness (QED) is 0.516. The molecule has 0 spiro atoms. The van der Waals surface area contributed by atoms with Crippen LogP contribution in [0.25, 0.3) is 0 Å². The molecule has 94 valence electrons. The predicted molar refractivity (Wildman–Crippen MR) is 77.6 cm³/mol. The van der Waals surface area contributed by atoms with Gasteiger partial charge >= 0.3 is 0 Å². The standard InChI is InChI=1S/C13H19IN2O/c1-11-7-8-13(9-16(11)14)15-17-10-12-5-3-2-4-6-12/h2-6,11,13,15H,7-10H2,1H3/t11-,13-/m1/s1. The molecule has 0 amide bonds. The highest BCUT2D eigenvalue weighted by atomic mass is 127. The lowest BCUT2D eigenvalue weighted by atomic mass is 10.0. The number of hydroxylamine groups is 1. The van der Waals surface area contributed by atoms with Crippen molar-refractivity contribution in [2.24, 2.45) is 0 Å². The Morgan fingerprint density at radius 2 is 2.12 bits per heavy atom. The molecule has 1 fully saturated rings. The van der Waals surface area contributed by atoms with Crippen molar-refractivity contribution in [2.75, 3.05) is 6.54 Å². The maximum atomic E-state index is 5.56. The Bertz CT molecular complexity index is 333. The Morgan fingerprint density at radius 1 is 1.35 bits per heavy atom. The zero-order chi connectivity index (χ0) is 12.1. The van der Waals surface area contributed by atoms with Crippen LogP contribution in [0.2, 0.25) is 0 Å². The second kappa shape index (κ2) is 6.68. The molecule has 1 N–H and O–H groups in total. The summed E-state index contributed by atoms with van der Waals surface area (Å²) in [4.78, 5) is 5.56. The van der Waals surface area contributed by atoms with E-state index in [9.17, 15) is 0 Å². The van der Waals surface area contributed by atoms with Gasteiger partial charge in [-0.3, -0.25) is 4.84 Å². The van der Waals surface area contributed by atoms with Crippen LogP contribution in [0.15, 0.2) is 30.3 Å². The summed E-state index contributed by atoms with van der Waals surface area (Å²) in [6.45, 7) is 3.96. The largest absolute Gasteiger partial charge is 0.297 e. The van der Waals surface area contributed by atoms with Gasteiger partial charge in [0.2, 0.25) is 0 Å². The molecular formula is C13H19IN2O. The Balaban J connectivity index is 1.69. The minimum absolute atomic E-state index is 0.451. The highest BCUT2D eigenvalue weighted by molar-refractivity contribution is 14.1. The van der Waals surface area contributed by atoms with Gasteiger partial charge in [-0.15, -0.1) is 0 Å². The summed E-state index contributed by atoms with van der Waals surface area (Å²) in [5.41, 5.74) is 4.38. The number of hydrogen-bond acceptors (Lipinski definition) is 3. The molecule has 0 radical (unpaired) electrons. The van der Waals surface area contributed by atoms with Crippen molar-refractivity contribution in [3.8, 4) is 0 Å². The Labute approximate surface area is 117 Å². The van der Waals surface area contributed by atoms with Crippen LogP contribution in [-0.2, 0) is 11.4 Å². The van der Waals surface area contributed by atoms with Crippen molar-refractivity contribution in [3.05, 3.63) is 35.9 Å². The van der Waals surface area contributed by atoms with Crippen LogP contribution in [0.1, 0.15) is 25.3 Å². The molecule has 1 aliphatic heterocycles. The molecule has 1 aliphatic rings. The van der Waals surface area contributed by atoms with E-state index in [0.717, 1.165) is 6.54 Å². The molecule has 1 aromatic carbocycles. The maximum Gasteiger partial charge on any atom is 0.0933 e. The second-order valence-corrected chi connectivity index (χ2v) is 5.84. The van der Waals surface area contributed by atoms with Crippen molar-refractivity contribution in [2.45, 2.75) is 38.5 Å². The SMILES string of the molecule is C[C@@H]1CC[C@@H](NOCc2ccccc2)CN1I. The molecule has 1 aromatic rings. The summed E-state index contributed by atoms with van der Waals surface area (Å²) in [6.07, 6.45) is 2.42. The Kier molecular flexibility index (Phi) is 5.21. The lowest BCUT2D eigenvalue weighted by Crippen LogP contribution is -2.45. The summed E-state index contributed by atoms with van der Waals surface area (Å²) in [6, 6.07) is 11.4. The molecule has 0 unspecified atom stereocenters. The minimum atomic E-state index is 0.451. The number of nitrogens with one attached hydrogen (secondary N) is 1. The lowest BCUT2D eigenvalue weighted by molar-refractivity contribution is -0.00911. The van der Waals surface area contributed by atoms with Crippen LogP contribution in [0, 0.1) is 0 Å². The normalized spacial score (nSPS) is 26.0. The molecular weight excluding hydrogens is 327 g/mol. The van der Waals surface area contributed by atoms with Crippen molar-refractivity contribution < 1.29 is 4.84 Å². The van der Waals surface area contributed by atoms with Gasteiger partial charge in [0.25, 0.3) is 0 Å². The number of halogens is 1. The fourth-order valence-corrected chi connectivity index (χ4v) is 2.73. The van der Waals surface area contributed by atoms with E-state index >= 15 is 0 Å². The molecule has 0 aliphatic carbocycles.